The van der Waals surface area contributed by atoms with Gasteiger partial charge < -0.3 is 55.1 Å². The molecule has 5 N–H and O–H groups in total. The highest BCUT2D eigenvalue weighted by Gasteiger charge is 2.44. The van der Waals surface area contributed by atoms with Crippen LogP contribution in [0.3, 0.4) is 0 Å². The van der Waals surface area contributed by atoms with E-state index in [-0.39, 0.29) is 43.8 Å². The van der Waals surface area contributed by atoms with Gasteiger partial charge in [0.25, 0.3) is 0 Å². The van der Waals surface area contributed by atoms with Crippen molar-refractivity contribution in [3.63, 3.8) is 0 Å². The van der Waals surface area contributed by atoms with E-state index in [4.69, 9.17) is 23.9 Å². The van der Waals surface area contributed by atoms with E-state index in [9.17, 15) is 24.3 Å². The molecule has 75 heavy (non-hydrogen) atoms. The third kappa shape index (κ3) is 17.7. The molecule has 1 saturated heterocycles. The fourth-order valence-corrected chi connectivity index (χ4v) is 10.1. The zero-order valence-corrected chi connectivity index (χ0v) is 45.5. The molecule has 2 aliphatic carbocycles. The van der Waals surface area contributed by atoms with Crippen molar-refractivity contribution in [2.45, 2.75) is 129 Å². The van der Waals surface area contributed by atoms with Crippen LogP contribution >= 0.6 is 11.3 Å². The van der Waals surface area contributed by atoms with Crippen molar-refractivity contribution < 1.29 is 43.2 Å². The molecule has 1 aliphatic heterocycles. The molecule has 408 valence electrons. The highest BCUT2D eigenvalue weighted by Crippen LogP contribution is 2.43. The number of unbranched alkanes of at least 4 members (excludes halogenated alkanes) is 1. The van der Waals surface area contributed by atoms with E-state index in [0.717, 1.165) is 105 Å². The molecule has 4 amide bonds. The van der Waals surface area contributed by atoms with Crippen molar-refractivity contribution >= 4 is 52.4 Å². The number of thiophene rings is 1. The lowest BCUT2D eigenvalue weighted by molar-refractivity contribution is -0.144. The number of aryl methyl sites for hydroxylation is 1. The molecule has 3 fully saturated rings. The zero-order chi connectivity index (χ0) is 53.2. The van der Waals surface area contributed by atoms with Gasteiger partial charge in [0, 0.05) is 113 Å². The van der Waals surface area contributed by atoms with Gasteiger partial charge in [-0.1, -0.05) is 57.5 Å². The van der Waals surface area contributed by atoms with Crippen molar-refractivity contribution in [1.29, 1.82) is 0 Å². The maximum Gasteiger partial charge on any atom is 0.246 e. The molecule has 2 saturated carbocycles. The number of likely N-dealkylation sites (tertiary alicyclic amines) is 1. The number of aromatic nitrogens is 2. The first kappa shape index (κ1) is 57.1. The summed E-state index contributed by atoms with van der Waals surface area (Å²) in [7, 11) is 1.91. The minimum absolute atomic E-state index is 0.00342. The lowest BCUT2D eigenvalue weighted by atomic mass is 9.84. The van der Waals surface area contributed by atoms with E-state index in [1.165, 1.54) is 15.3 Å². The molecule has 2 aromatic heterocycles. The Kier molecular flexibility index (Phi) is 21.7. The predicted molar refractivity (Wildman–Crippen MR) is 292 cm³/mol. The highest BCUT2D eigenvalue weighted by atomic mass is 32.1. The molecule has 0 radical (unpaired) electrons. The van der Waals surface area contributed by atoms with Crippen LogP contribution in [-0.4, -0.2) is 140 Å². The van der Waals surface area contributed by atoms with Crippen LogP contribution in [0.5, 0.6) is 5.75 Å². The minimum atomic E-state index is -0.935. The fraction of sp³-hybridized carbons (Fsp3) is 0.579. The number of nitrogens with zero attached hydrogens (tertiary/aromatic N) is 4. The van der Waals surface area contributed by atoms with Gasteiger partial charge in [-0.15, -0.1) is 11.3 Å². The maximum absolute atomic E-state index is 14.0. The van der Waals surface area contributed by atoms with Crippen molar-refractivity contribution in [3.8, 4) is 16.2 Å². The van der Waals surface area contributed by atoms with Gasteiger partial charge in [-0.2, -0.15) is 4.98 Å². The third-order valence-electron chi connectivity index (χ3n) is 13.9. The Bertz CT molecular complexity index is 2460. The van der Waals surface area contributed by atoms with E-state index in [2.05, 4.69) is 44.6 Å². The standard InChI is InChI=1S/C57H80N8O9S/c1-39-23-32-75-50(39)42-19-17-40(18-20-42)35-59-53(68)48-34-45(66)37-65(48)55(70)51(57(2,3)4)62-49(67)38-73-30-11-28-71-26-6-7-27-72-29-12-31-74-46-16-9-15-44(33-46)61-56-60-36-47(41-21-22-41)52(63-56)58-24-10-25-64(5)54(69)43-13-8-14-43/h9,15-20,23,32-33,36,41,43,45,48,51,66H,6-8,10-14,21-22,24-31,34-35,37-38H2,1-5H3,(H,59,68)(H,62,67)(H2,58,60,61,63)/t45-,48+,51-/m1/s1. The number of aliphatic hydroxyl groups excluding tert-OH is 1. The summed E-state index contributed by atoms with van der Waals surface area (Å²) in [6, 6.07) is 16.1. The predicted octanol–water partition coefficient (Wildman–Crippen LogP) is 7.99. The number of carbonyl (C=O) groups excluding carboxylic acids is 4. The van der Waals surface area contributed by atoms with Crippen LogP contribution in [0.4, 0.5) is 17.5 Å². The lowest BCUT2D eigenvalue weighted by Crippen LogP contribution is -2.58. The summed E-state index contributed by atoms with van der Waals surface area (Å²) in [5.74, 6) is 1.90. The number of rotatable bonds is 31. The molecule has 3 atom stereocenters. The van der Waals surface area contributed by atoms with Crippen LogP contribution in [0.25, 0.3) is 10.4 Å². The molecule has 7 rings (SSSR count). The quantitative estimate of drug-likeness (QED) is 0.0304. The average Bonchev–Trinajstić information content (AvgIpc) is 4.01. The second-order valence-corrected chi connectivity index (χ2v) is 22.2. The number of hydrogen-bond acceptors (Lipinski definition) is 14. The van der Waals surface area contributed by atoms with Crippen LogP contribution in [0.15, 0.2) is 66.2 Å². The normalized spacial score (nSPS) is 17.0. The summed E-state index contributed by atoms with van der Waals surface area (Å²) in [5, 5.41) is 25.3. The van der Waals surface area contributed by atoms with E-state index < -0.39 is 35.4 Å². The molecule has 0 spiro atoms. The maximum atomic E-state index is 14.0. The Hall–Kier alpha value is -5.66. The van der Waals surface area contributed by atoms with Gasteiger partial charge in [0.1, 0.15) is 30.3 Å². The molecule has 4 aromatic rings. The fourth-order valence-electron chi connectivity index (χ4n) is 9.14. The van der Waals surface area contributed by atoms with Gasteiger partial charge in [-0.05, 0) is 110 Å². The smallest absolute Gasteiger partial charge is 0.246 e. The number of anilines is 3. The SMILES string of the molecule is Cc1ccsc1-c1ccc(CNC(=O)[C@@H]2C[C@@H](O)CN2C(=O)[C@@H](NC(=O)COCCCOCCCCOCCCOc2cccc(Nc3ncc(C4CC4)c(NCCCN(C)C(=O)C4CCC4)n3)c2)C(C)(C)C)cc1. The number of benzene rings is 2. The lowest BCUT2D eigenvalue weighted by Gasteiger charge is -2.35. The first-order valence-corrected chi connectivity index (χ1v) is 27.9. The van der Waals surface area contributed by atoms with Crippen molar-refractivity contribution in [2.24, 2.45) is 11.3 Å². The highest BCUT2D eigenvalue weighted by molar-refractivity contribution is 7.13. The third-order valence-corrected chi connectivity index (χ3v) is 15.0. The number of nitrogens with one attached hydrogen (secondary N) is 4. The Labute approximate surface area is 447 Å². The van der Waals surface area contributed by atoms with Crippen molar-refractivity contribution in [1.82, 2.24) is 30.4 Å². The summed E-state index contributed by atoms with van der Waals surface area (Å²) in [6.07, 6.45) is 10.6. The summed E-state index contributed by atoms with van der Waals surface area (Å²) in [5.41, 5.74) is 4.56. The monoisotopic (exact) mass is 1050 g/mol. The summed E-state index contributed by atoms with van der Waals surface area (Å²) >= 11 is 1.69. The number of hydrogen-bond donors (Lipinski definition) is 5. The molecule has 0 bridgehead atoms. The van der Waals surface area contributed by atoms with Gasteiger partial charge in [0.2, 0.25) is 29.6 Å². The largest absolute Gasteiger partial charge is 0.493 e. The van der Waals surface area contributed by atoms with Crippen LogP contribution in [0.1, 0.15) is 114 Å². The van der Waals surface area contributed by atoms with Gasteiger partial charge >= 0.3 is 0 Å². The number of ether oxygens (including phenoxy) is 4. The van der Waals surface area contributed by atoms with Crippen LogP contribution in [0.2, 0.25) is 0 Å². The van der Waals surface area contributed by atoms with E-state index in [0.29, 0.717) is 57.9 Å². The summed E-state index contributed by atoms with van der Waals surface area (Å²) in [6.45, 7) is 12.3. The molecule has 2 aromatic carbocycles. The van der Waals surface area contributed by atoms with E-state index in [1.807, 2.05) is 87.4 Å². The molecule has 0 unspecified atom stereocenters. The van der Waals surface area contributed by atoms with Crippen LogP contribution in [-0.2, 0) is 39.9 Å². The number of carbonyl (C=O) groups is 4. The van der Waals surface area contributed by atoms with E-state index >= 15 is 0 Å². The Morgan fingerprint density at radius 2 is 1.61 bits per heavy atom. The Morgan fingerprint density at radius 1 is 0.893 bits per heavy atom. The number of aliphatic hydroxyl groups is 1. The van der Waals surface area contributed by atoms with Crippen LogP contribution < -0.4 is 26.0 Å². The van der Waals surface area contributed by atoms with Gasteiger partial charge in [0.15, 0.2) is 0 Å². The first-order valence-electron chi connectivity index (χ1n) is 27.0. The summed E-state index contributed by atoms with van der Waals surface area (Å²) in [4.78, 5) is 66.9. The molecule has 3 aliphatic rings. The van der Waals surface area contributed by atoms with Crippen molar-refractivity contribution in [3.05, 3.63) is 82.9 Å². The minimum Gasteiger partial charge on any atom is -0.493 e. The summed E-state index contributed by atoms with van der Waals surface area (Å²) < 4.78 is 23.2. The van der Waals surface area contributed by atoms with Crippen molar-refractivity contribution in [2.75, 3.05) is 83.6 Å². The topological polar surface area (TPSA) is 206 Å². The number of amides is 4. The van der Waals surface area contributed by atoms with Gasteiger partial charge in [0.05, 0.1) is 12.7 Å². The second kappa shape index (κ2) is 28.5. The van der Waals surface area contributed by atoms with Gasteiger partial charge in [-0.25, -0.2) is 4.98 Å². The molecule has 18 heteroatoms. The molecule has 17 nitrogen and oxygen atoms in total. The molecule has 3 heterocycles. The Morgan fingerprint density at radius 3 is 2.29 bits per heavy atom. The Balaban J connectivity index is 0.703. The number of β-amino-alcohol motifs (C(OH)–C–C–N with tert-alkyl or cyclic N) is 1. The van der Waals surface area contributed by atoms with Crippen LogP contribution in [0, 0.1) is 18.3 Å². The average molecular weight is 1050 g/mol. The zero-order valence-electron chi connectivity index (χ0n) is 44.7. The first-order chi connectivity index (χ1) is 36.2. The van der Waals surface area contributed by atoms with Gasteiger partial charge in [-0.3, -0.25) is 19.2 Å². The molecular weight excluding hydrogens is 973 g/mol. The second-order valence-electron chi connectivity index (χ2n) is 21.2. The van der Waals surface area contributed by atoms with E-state index in [1.54, 1.807) is 11.3 Å². The molecular formula is C57H80N8O9S.